The first-order chi connectivity index (χ1) is 14.0. The summed E-state index contributed by atoms with van der Waals surface area (Å²) in [5, 5.41) is 3.63. The van der Waals surface area contributed by atoms with Crippen LogP contribution in [-0.2, 0) is 19.2 Å². The minimum Gasteiger partial charge on any atom is -0.493 e. The number of benzene rings is 1. The summed E-state index contributed by atoms with van der Waals surface area (Å²) in [6.07, 6.45) is 4.78. The second-order valence-electron chi connectivity index (χ2n) is 6.74. The van der Waals surface area contributed by atoms with Gasteiger partial charge in [-0.2, -0.15) is 0 Å². The topological polar surface area (TPSA) is 121 Å². The van der Waals surface area contributed by atoms with Crippen molar-refractivity contribution in [3.63, 3.8) is 0 Å². The van der Waals surface area contributed by atoms with Crippen LogP contribution in [0.2, 0.25) is 0 Å². The number of likely N-dealkylation sites (tertiary alicyclic amines) is 1. The van der Waals surface area contributed by atoms with Gasteiger partial charge in [0, 0.05) is 12.1 Å². The fraction of sp³-hybridized carbons (Fsp3) is 0.400. The normalized spacial score (nSPS) is 21.2. The minimum absolute atomic E-state index is 0.0234. The molecule has 0 bridgehead atoms. The average molecular weight is 401 g/mol. The van der Waals surface area contributed by atoms with Crippen molar-refractivity contribution in [1.29, 1.82) is 0 Å². The lowest BCUT2D eigenvalue weighted by Gasteiger charge is -2.14. The largest absolute Gasteiger partial charge is 0.493 e. The molecule has 0 radical (unpaired) electrons. The van der Waals surface area contributed by atoms with Crippen LogP contribution in [0, 0.1) is 11.8 Å². The number of rotatable bonds is 7. The van der Waals surface area contributed by atoms with Crippen molar-refractivity contribution in [3.8, 4) is 11.5 Å². The fourth-order valence-corrected chi connectivity index (χ4v) is 3.49. The molecular weight excluding hydrogens is 378 g/mol. The molecule has 2 N–H and O–H groups in total. The molecule has 29 heavy (non-hydrogen) atoms. The van der Waals surface area contributed by atoms with Gasteiger partial charge in [-0.1, -0.05) is 17.3 Å². The molecule has 0 spiro atoms. The zero-order chi connectivity index (χ0) is 21.0. The molecule has 1 saturated heterocycles. The Morgan fingerprint density at radius 2 is 1.72 bits per heavy atom. The fourth-order valence-electron chi connectivity index (χ4n) is 3.49. The van der Waals surface area contributed by atoms with E-state index in [1.54, 1.807) is 18.2 Å². The second kappa shape index (κ2) is 8.76. The van der Waals surface area contributed by atoms with Crippen LogP contribution in [0.4, 0.5) is 0 Å². The number of carbonyl (C=O) groups excluding carboxylic acids is 3. The molecule has 154 valence electrons. The van der Waals surface area contributed by atoms with Gasteiger partial charge in [0.25, 0.3) is 0 Å². The summed E-state index contributed by atoms with van der Waals surface area (Å²) >= 11 is 0. The van der Waals surface area contributed by atoms with E-state index in [1.165, 1.54) is 14.2 Å². The minimum atomic E-state index is -0.693. The summed E-state index contributed by atoms with van der Waals surface area (Å²) in [7, 11) is 3.00. The lowest BCUT2D eigenvalue weighted by atomic mass is 9.85. The number of imide groups is 1. The summed E-state index contributed by atoms with van der Waals surface area (Å²) in [6.45, 7) is -0.0325. The van der Waals surface area contributed by atoms with E-state index < -0.39 is 5.97 Å². The van der Waals surface area contributed by atoms with Crippen LogP contribution in [0.15, 0.2) is 35.5 Å². The molecule has 2 aliphatic rings. The quantitative estimate of drug-likeness (QED) is 0.182. The molecule has 1 aromatic carbocycles. The highest BCUT2D eigenvalue weighted by Gasteiger charge is 2.46. The summed E-state index contributed by atoms with van der Waals surface area (Å²) in [5.41, 5.74) is 6.33. The van der Waals surface area contributed by atoms with Crippen LogP contribution in [0.1, 0.15) is 24.8 Å². The van der Waals surface area contributed by atoms with Crippen molar-refractivity contribution in [2.45, 2.75) is 19.3 Å². The third kappa shape index (κ3) is 4.23. The van der Waals surface area contributed by atoms with E-state index in [2.05, 4.69) is 5.16 Å². The van der Waals surface area contributed by atoms with Gasteiger partial charge in [0.15, 0.2) is 17.3 Å². The molecule has 9 heteroatoms. The van der Waals surface area contributed by atoms with Gasteiger partial charge in [-0.25, -0.2) is 4.79 Å². The smallest absolute Gasteiger partial charge is 0.336 e. The van der Waals surface area contributed by atoms with Crippen molar-refractivity contribution in [3.05, 3.63) is 35.9 Å². The van der Waals surface area contributed by atoms with Crippen LogP contribution >= 0.6 is 0 Å². The lowest BCUT2D eigenvalue weighted by molar-refractivity contribution is -0.145. The highest BCUT2D eigenvalue weighted by atomic mass is 16.7. The Balaban J connectivity index is 1.56. The van der Waals surface area contributed by atoms with Gasteiger partial charge in [-0.15, -0.1) is 0 Å². The summed E-state index contributed by atoms with van der Waals surface area (Å²) in [5.74, 6) is -0.833. The number of amidine groups is 1. The molecule has 3 rings (SSSR count). The van der Waals surface area contributed by atoms with Gasteiger partial charge in [-0.05, 0) is 31.0 Å². The number of nitrogens with two attached hydrogens (primary N) is 1. The number of carbonyl (C=O) groups is 3. The molecule has 2 atom stereocenters. The Morgan fingerprint density at radius 1 is 1.10 bits per heavy atom. The van der Waals surface area contributed by atoms with E-state index in [0.717, 1.165) is 4.90 Å². The molecule has 2 amide bonds. The Hall–Kier alpha value is -3.36. The Labute approximate surface area is 168 Å². The van der Waals surface area contributed by atoms with Gasteiger partial charge in [0.05, 0.1) is 32.5 Å². The summed E-state index contributed by atoms with van der Waals surface area (Å²) < 4.78 is 10.3. The summed E-state index contributed by atoms with van der Waals surface area (Å²) in [4.78, 5) is 42.7. The number of nitrogens with zero attached hydrogens (tertiary/aromatic N) is 2. The maximum atomic E-state index is 12.4. The molecule has 1 aliphatic heterocycles. The highest BCUT2D eigenvalue weighted by Crippen LogP contribution is 2.35. The second-order valence-corrected chi connectivity index (χ2v) is 6.74. The Kier molecular flexibility index (Phi) is 6.16. The van der Waals surface area contributed by atoms with Crippen LogP contribution in [0.25, 0.3) is 0 Å². The number of hydrogen-bond acceptors (Lipinski definition) is 7. The van der Waals surface area contributed by atoms with Crippen molar-refractivity contribution in [2.24, 2.45) is 22.7 Å². The number of ether oxygens (including phenoxy) is 2. The van der Waals surface area contributed by atoms with Crippen LogP contribution in [0.3, 0.4) is 0 Å². The van der Waals surface area contributed by atoms with Crippen molar-refractivity contribution < 1.29 is 28.7 Å². The van der Waals surface area contributed by atoms with E-state index in [4.69, 9.17) is 20.0 Å². The van der Waals surface area contributed by atoms with Crippen molar-refractivity contribution in [1.82, 2.24) is 4.90 Å². The van der Waals surface area contributed by atoms with Crippen LogP contribution in [0.5, 0.6) is 11.5 Å². The predicted octanol–water partition coefficient (Wildman–Crippen LogP) is 1.21. The molecule has 1 aromatic rings. The molecular formula is C20H23N3O6. The van der Waals surface area contributed by atoms with Crippen LogP contribution < -0.4 is 15.2 Å². The number of fused-ring (bicyclic) bond motifs is 1. The van der Waals surface area contributed by atoms with E-state index in [9.17, 15) is 14.4 Å². The zero-order valence-electron chi connectivity index (χ0n) is 16.3. The number of oxime groups is 1. The monoisotopic (exact) mass is 401 g/mol. The molecule has 1 aliphatic carbocycles. The Morgan fingerprint density at radius 3 is 2.31 bits per heavy atom. The van der Waals surface area contributed by atoms with E-state index in [0.29, 0.717) is 29.9 Å². The van der Waals surface area contributed by atoms with Gasteiger partial charge >= 0.3 is 5.97 Å². The lowest BCUT2D eigenvalue weighted by Crippen LogP contribution is -2.33. The van der Waals surface area contributed by atoms with Crippen LogP contribution in [-0.4, -0.2) is 49.3 Å². The van der Waals surface area contributed by atoms with E-state index in [-0.39, 0.29) is 42.5 Å². The first-order valence-corrected chi connectivity index (χ1v) is 9.22. The zero-order valence-corrected chi connectivity index (χ0v) is 16.3. The maximum Gasteiger partial charge on any atom is 0.336 e. The predicted molar refractivity (Wildman–Crippen MR) is 103 cm³/mol. The summed E-state index contributed by atoms with van der Waals surface area (Å²) in [6, 6.07) is 4.89. The molecule has 0 saturated carbocycles. The first-order valence-electron chi connectivity index (χ1n) is 9.22. The number of amides is 2. The SMILES string of the molecule is COc1ccc(/C(N)=N\OC(=O)CCN2C(=O)[C@@H]3CC=CC[C@H]3C2=O)cc1OC. The third-order valence-corrected chi connectivity index (χ3v) is 5.06. The maximum absolute atomic E-state index is 12.4. The molecule has 0 aromatic heterocycles. The van der Waals surface area contributed by atoms with E-state index >= 15 is 0 Å². The van der Waals surface area contributed by atoms with Crippen molar-refractivity contribution >= 4 is 23.6 Å². The van der Waals surface area contributed by atoms with Gasteiger partial charge in [0.1, 0.15) is 0 Å². The van der Waals surface area contributed by atoms with Crippen molar-refractivity contribution in [2.75, 3.05) is 20.8 Å². The first kappa shape index (κ1) is 20.4. The van der Waals surface area contributed by atoms with Gasteiger partial charge < -0.3 is 20.0 Å². The van der Waals surface area contributed by atoms with Gasteiger partial charge in [0.2, 0.25) is 11.8 Å². The molecule has 0 unspecified atom stereocenters. The number of hydrogen-bond donors (Lipinski definition) is 1. The highest BCUT2D eigenvalue weighted by molar-refractivity contribution is 6.05. The molecule has 9 nitrogen and oxygen atoms in total. The molecule has 1 fully saturated rings. The number of methoxy groups -OCH3 is 2. The Bertz CT molecular complexity index is 853. The number of allylic oxidation sites excluding steroid dienone is 2. The average Bonchev–Trinajstić information content (AvgIpc) is 3.00. The standard InChI is InChI=1S/C20H23N3O6/c1-27-15-8-7-12(11-16(15)28-2)18(21)22-29-17(24)9-10-23-19(25)13-5-3-4-6-14(13)20(23)26/h3-4,7-8,11,13-14H,5-6,9-10H2,1-2H3,(H2,21,22)/t13-,14-/m1/s1. The third-order valence-electron chi connectivity index (χ3n) is 5.06. The molecule has 1 heterocycles. The van der Waals surface area contributed by atoms with Gasteiger partial charge in [-0.3, -0.25) is 14.5 Å². The van der Waals surface area contributed by atoms with E-state index in [1.807, 2.05) is 12.2 Å².